The molecule has 0 saturated carbocycles. The Labute approximate surface area is 182 Å². The van der Waals surface area contributed by atoms with Gasteiger partial charge in [-0.3, -0.25) is 9.59 Å². The summed E-state index contributed by atoms with van der Waals surface area (Å²) >= 11 is 0. The van der Waals surface area contributed by atoms with Crippen LogP contribution in [0.1, 0.15) is 23.7 Å². The summed E-state index contributed by atoms with van der Waals surface area (Å²) < 4.78 is 26.9. The summed E-state index contributed by atoms with van der Waals surface area (Å²) in [5, 5.41) is 7.14. The number of para-hydroxylation sites is 1. The van der Waals surface area contributed by atoms with Gasteiger partial charge in [0, 0.05) is 13.6 Å². The van der Waals surface area contributed by atoms with E-state index in [1.165, 1.54) is 13.1 Å². The molecule has 7 nitrogen and oxygen atoms in total. The predicted octanol–water partition coefficient (Wildman–Crippen LogP) is 3.24. The smallest absolute Gasteiger partial charge is 0.253 e. The standard InChI is InChI=1S/C23H25N3O4S/c1-3-14-24-23(28)20-10-6-7-11-21(20)25-22(27)16-26(2)31(29,30)19-13-12-17-8-4-5-9-18(17)15-19/h4-13,15H,3,14,16H2,1-2H3,(H,24,28)(H,25,27). The van der Waals surface area contributed by atoms with Gasteiger partial charge >= 0.3 is 0 Å². The van der Waals surface area contributed by atoms with Gasteiger partial charge in [-0.25, -0.2) is 8.42 Å². The largest absolute Gasteiger partial charge is 0.352 e. The van der Waals surface area contributed by atoms with Gasteiger partial charge in [0.05, 0.1) is 22.7 Å². The van der Waals surface area contributed by atoms with Crippen molar-refractivity contribution in [3.05, 3.63) is 72.3 Å². The molecular formula is C23H25N3O4S. The van der Waals surface area contributed by atoms with E-state index >= 15 is 0 Å². The van der Waals surface area contributed by atoms with Crippen LogP contribution in [0.5, 0.6) is 0 Å². The highest BCUT2D eigenvalue weighted by Crippen LogP contribution is 2.21. The molecule has 2 N–H and O–H groups in total. The number of carbonyl (C=O) groups excluding carboxylic acids is 2. The van der Waals surface area contributed by atoms with E-state index in [0.717, 1.165) is 21.5 Å². The molecule has 0 aliphatic carbocycles. The van der Waals surface area contributed by atoms with Crippen LogP contribution >= 0.6 is 0 Å². The van der Waals surface area contributed by atoms with Crippen LogP contribution in [0.25, 0.3) is 10.8 Å². The molecule has 0 unspecified atom stereocenters. The first-order valence-corrected chi connectivity index (χ1v) is 11.4. The van der Waals surface area contributed by atoms with Crippen molar-refractivity contribution in [1.29, 1.82) is 0 Å². The van der Waals surface area contributed by atoms with E-state index in [9.17, 15) is 18.0 Å². The molecule has 0 aliphatic rings. The van der Waals surface area contributed by atoms with E-state index in [0.29, 0.717) is 17.8 Å². The van der Waals surface area contributed by atoms with E-state index in [1.54, 1.807) is 36.4 Å². The number of benzene rings is 3. The fourth-order valence-electron chi connectivity index (χ4n) is 3.11. The number of likely N-dealkylation sites (N-methyl/N-ethyl adjacent to an activating group) is 1. The van der Waals surface area contributed by atoms with Gasteiger partial charge in [0.15, 0.2) is 0 Å². The van der Waals surface area contributed by atoms with Crippen LogP contribution in [0, 0.1) is 0 Å². The van der Waals surface area contributed by atoms with E-state index in [1.807, 2.05) is 31.2 Å². The highest BCUT2D eigenvalue weighted by molar-refractivity contribution is 7.89. The maximum Gasteiger partial charge on any atom is 0.253 e. The third-order valence-corrected chi connectivity index (χ3v) is 6.58. The molecule has 2 amide bonds. The third-order valence-electron chi connectivity index (χ3n) is 4.78. The van der Waals surface area contributed by atoms with Gasteiger partial charge in [-0.2, -0.15) is 4.31 Å². The molecule has 3 aromatic rings. The van der Waals surface area contributed by atoms with E-state index < -0.39 is 15.9 Å². The third kappa shape index (κ3) is 5.28. The first kappa shape index (κ1) is 22.5. The highest BCUT2D eigenvalue weighted by Gasteiger charge is 2.24. The fourth-order valence-corrected chi connectivity index (χ4v) is 4.27. The monoisotopic (exact) mass is 439 g/mol. The summed E-state index contributed by atoms with van der Waals surface area (Å²) in [6.45, 7) is 2.08. The number of fused-ring (bicyclic) bond motifs is 1. The first-order valence-electron chi connectivity index (χ1n) is 9.95. The lowest BCUT2D eigenvalue weighted by Crippen LogP contribution is -2.35. The van der Waals surface area contributed by atoms with Crippen LogP contribution in [0.3, 0.4) is 0 Å². The number of sulfonamides is 1. The number of hydrogen-bond donors (Lipinski definition) is 2. The Morgan fingerprint density at radius 1 is 0.935 bits per heavy atom. The fraction of sp³-hybridized carbons (Fsp3) is 0.217. The van der Waals surface area contributed by atoms with E-state index in [-0.39, 0.29) is 17.3 Å². The van der Waals surface area contributed by atoms with Gasteiger partial charge in [0.25, 0.3) is 5.91 Å². The average molecular weight is 440 g/mol. The molecular weight excluding hydrogens is 414 g/mol. The second kappa shape index (κ2) is 9.72. The maximum atomic E-state index is 12.9. The zero-order chi connectivity index (χ0) is 22.4. The van der Waals surface area contributed by atoms with Crippen molar-refractivity contribution < 1.29 is 18.0 Å². The quantitative estimate of drug-likeness (QED) is 0.563. The Morgan fingerprint density at radius 3 is 2.35 bits per heavy atom. The van der Waals surface area contributed by atoms with Crippen LogP contribution in [0.4, 0.5) is 5.69 Å². The van der Waals surface area contributed by atoms with Crippen LogP contribution in [-0.4, -0.2) is 44.7 Å². The summed E-state index contributed by atoms with van der Waals surface area (Å²) in [6.07, 6.45) is 0.789. The zero-order valence-corrected chi connectivity index (χ0v) is 18.3. The molecule has 0 fully saturated rings. The molecule has 31 heavy (non-hydrogen) atoms. The number of carbonyl (C=O) groups is 2. The number of nitrogens with one attached hydrogen (secondary N) is 2. The lowest BCUT2D eigenvalue weighted by atomic mass is 10.1. The molecule has 162 valence electrons. The summed E-state index contributed by atoms with van der Waals surface area (Å²) in [6, 6.07) is 18.9. The normalized spacial score (nSPS) is 11.5. The van der Waals surface area contributed by atoms with Crippen LogP contribution in [-0.2, 0) is 14.8 Å². The summed E-state index contributed by atoms with van der Waals surface area (Å²) in [4.78, 5) is 25.0. The van der Waals surface area contributed by atoms with Gasteiger partial charge < -0.3 is 10.6 Å². The molecule has 0 aliphatic heterocycles. The van der Waals surface area contributed by atoms with Gasteiger partial charge in [-0.15, -0.1) is 0 Å². The number of nitrogens with zero attached hydrogens (tertiary/aromatic N) is 1. The van der Waals surface area contributed by atoms with Gasteiger partial charge in [-0.1, -0.05) is 49.4 Å². The van der Waals surface area contributed by atoms with Crippen LogP contribution < -0.4 is 10.6 Å². The molecule has 8 heteroatoms. The molecule has 0 heterocycles. The Balaban J connectivity index is 1.73. The minimum absolute atomic E-state index is 0.112. The summed E-state index contributed by atoms with van der Waals surface area (Å²) in [5.41, 5.74) is 0.655. The first-order chi connectivity index (χ1) is 14.8. The predicted molar refractivity (Wildman–Crippen MR) is 121 cm³/mol. The molecule has 0 atom stereocenters. The molecule has 0 aromatic heterocycles. The zero-order valence-electron chi connectivity index (χ0n) is 17.5. The van der Waals surface area contributed by atoms with Gasteiger partial charge in [-0.05, 0) is 41.5 Å². The lowest BCUT2D eigenvalue weighted by molar-refractivity contribution is -0.116. The molecule has 3 aromatic carbocycles. The molecule has 0 saturated heterocycles. The number of hydrogen-bond acceptors (Lipinski definition) is 4. The van der Waals surface area contributed by atoms with Crippen LogP contribution in [0.2, 0.25) is 0 Å². The van der Waals surface area contributed by atoms with Crippen molar-refractivity contribution in [3.8, 4) is 0 Å². The Bertz CT molecular complexity index is 1210. The Kier molecular flexibility index (Phi) is 7.04. The minimum atomic E-state index is -3.86. The molecule has 0 radical (unpaired) electrons. The number of rotatable bonds is 8. The lowest BCUT2D eigenvalue weighted by Gasteiger charge is -2.18. The second-order valence-corrected chi connectivity index (χ2v) is 9.16. The van der Waals surface area contributed by atoms with Crippen molar-refractivity contribution in [3.63, 3.8) is 0 Å². The van der Waals surface area contributed by atoms with Gasteiger partial charge in [0.2, 0.25) is 15.9 Å². The van der Waals surface area contributed by atoms with Crippen LogP contribution in [0.15, 0.2) is 71.6 Å². The topological polar surface area (TPSA) is 95.6 Å². The number of anilines is 1. The second-order valence-electron chi connectivity index (χ2n) is 7.12. The Hall–Kier alpha value is -3.23. The van der Waals surface area contributed by atoms with E-state index in [4.69, 9.17) is 0 Å². The van der Waals surface area contributed by atoms with E-state index in [2.05, 4.69) is 10.6 Å². The van der Waals surface area contributed by atoms with Gasteiger partial charge in [0.1, 0.15) is 0 Å². The summed E-state index contributed by atoms with van der Waals surface area (Å²) in [5.74, 6) is -0.836. The molecule has 0 bridgehead atoms. The highest BCUT2D eigenvalue weighted by atomic mass is 32.2. The SMILES string of the molecule is CCCNC(=O)c1ccccc1NC(=O)CN(C)S(=O)(=O)c1ccc2ccccc2c1. The Morgan fingerprint density at radius 2 is 1.61 bits per heavy atom. The van der Waals surface area contributed by atoms with Crippen molar-refractivity contribution in [2.75, 3.05) is 25.5 Å². The molecule has 3 rings (SSSR count). The van der Waals surface area contributed by atoms with Crippen molar-refractivity contribution in [2.45, 2.75) is 18.2 Å². The average Bonchev–Trinajstić information content (AvgIpc) is 2.77. The van der Waals surface area contributed by atoms with Crippen molar-refractivity contribution in [1.82, 2.24) is 9.62 Å². The molecule has 0 spiro atoms. The summed E-state index contributed by atoms with van der Waals surface area (Å²) in [7, 11) is -2.51. The number of amides is 2. The van der Waals surface area contributed by atoms with Crippen molar-refractivity contribution in [2.24, 2.45) is 0 Å². The minimum Gasteiger partial charge on any atom is -0.352 e. The maximum absolute atomic E-state index is 12.9. The van der Waals surface area contributed by atoms with Crippen molar-refractivity contribution >= 4 is 38.3 Å².